The number of hydrogen-bond donors (Lipinski definition) is 1. The Morgan fingerprint density at radius 2 is 2.33 bits per heavy atom. The largest absolute Gasteiger partial charge is 0.439 e. The van der Waals surface area contributed by atoms with Gasteiger partial charge in [0.25, 0.3) is 0 Å². The third kappa shape index (κ3) is 2.26. The molecule has 1 fully saturated rings. The second-order valence-electron chi connectivity index (χ2n) is 4.90. The lowest BCUT2D eigenvalue weighted by Gasteiger charge is -2.22. The number of likely N-dealkylation sites (N-methyl/N-ethyl adjacent to an activating group) is 1. The third-order valence-corrected chi connectivity index (χ3v) is 3.62. The van der Waals surface area contributed by atoms with Crippen molar-refractivity contribution in [3.05, 3.63) is 30.2 Å². The van der Waals surface area contributed by atoms with Crippen LogP contribution in [-0.4, -0.2) is 36.1 Å². The van der Waals surface area contributed by atoms with E-state index in [9.17, 15) is 0 Å². The Morgan fingerprint density at radius 1 is 1.44 bits per heavy atom. The van der Waals surface area contributed by atoms with Crippen LogP contribution in [0, 0.1) is 0 Å². The summed E-state index contributed by atoms with van der Waals surface area (Å²) in [7, 11) is 2.01. The van der Waals surface area contributed by atoms with E-state index in [-0.39, 0.29) is 0 Å². The van der Waals surface area contributed by atoms with E-state index >= 15 is 0 Å². The molecule has 3 rings (SSSR count). The quantitative estimate of drug-likeness (QED) is 0.894. The van der Waals surface area contributed by atoms with Crippen molar-refractivity contribution in [3.63, 3.8) is 0 Å². The van der Waals surface area contributed by atoms with Crippen LogP contribution in [0.3, 0.4) is 0 Å². The molecule has 1 N–H and O–H groups in total. The molecule has 0 bridgehead atoms. The number of aromatic nitrogens is 1. The summed E-state index contributed by atoms with van der Waals surface area (Å²) in [4.78, 5) is 7.00. The zero-order chi connectivity index (χ0) is 12.4. The number of nitrogens with zero attached hydrogens (tertiary/aromatic N) is 2. The Labute approximate surface area is 107 Å². The van der Waals surface area contributed by atoms with Crippen LogP contribution >= 0.6 is 0 Å². The van der Waals surface area contributed by atoms with E-state index in [1.807, 2.05) is 31.3 Å². The predicted octanol–water partition coefficient (Wildman–Crippen LogP) is 2.01. The molecule has 0 saturated carbocycles. The summed E-state index contributed by atoms with van der Waals surface area (Å²) in [6, 6.07) is 8.56. The number of likely N-dealkylation sites (tertiary alicyclic amines) is 1. The molecular weight excluding hydrogens is 226 g/mol. The summed E-state index contributed by atoms with van der Waals surface area (Å²) in [6.07, 6.45) is 2.54. The molecule has 1 unspecified atom stereocenters. The van der Waals surface area contributed by atoms with Crippen molar-refractivity contribution < 1.29 is 4.42 Å². The molecule has 18 heavy (non-hydrogen) atoms. The molecule has 0 spiro atoms. The molecule has 0 amide bonds. The summed E-state index contributed by atoms with van der Waals surface area (Å²) in [5, 5.41) is 3.26. The topological polar surface area (TPSA) is 41.3 Å². The lowest BCUT2D eigenvalue weighted by Crippen LogP contribution is -2.36. The molecule has 1 aromatic heterocycles. The average Bonchev–Trinajstić information content (AvgIpc) is 2.97. The smallest absolute Gasteiger partial charge is 0.209 e. The SMILES string of the molecule is CNCC1CCCN1Cc1nc2ccccc2o1. The van der Waals surface area contributed by atoms with Crippen LogP contribution in [0.1, 0.15) is 18.7 Å². The third-order valence-electron chi connectivity index (χ3n) is 3.62. The highest BCUT2D eigenvalue weighted by Crippen LogP contribution is 2.21. The van der Waals surface area contributed by atoms with Crippen molar-refractivity contribution >= 4 is 11.1 Å². The zero-order valence-corrected chi connectivity index (χ0v) is 10.7. The first kappa shape index (κ1) is 11.7. The fourth-order valence-corrected chi connectivity index (χ4v) is 2.73. The van der Waals surface area contributed by atoms with Gasteiger partial charge in [-0.25, -0.2) is 4.98 Å². The van der Waals surface area contributed by atoms with Crippen LogP contribution in [0.15, 0.2) is 28.7 Å². The number of fused-ring (bicyclic) bond motifs is 1. The normalized spacial score (nSPS) is 20.8. The van der Waals surface area contributed by atoms with E-state index in [1.54, 1.807) is 0 Å². The van der Waals surface area contributed by atoms with Crippen molar-refractivity contribution in [1.29, 1.82) is 0 Å². The van der Waals surface area contributed by atoms with Gasteiger partial charge in [-0.1, -0.05) is 12.1 Å². The molecule has 1 aromatic carbocycles. The number of benzene rings is 1. The van der Waals surface area contributed by atoms with E-state index in [4.69, 9.17) is 4.42 Å². The Hall–Kier alpha value is -1.39. The standard InChI is InChI=1S/C14H19N3O/c1-15-9-11-5-4-8-17(11)10-14-16-12-6-2-3-7-13(12)18-14/h2-3,6-7,11,15H,4-5,8-10H2,1H3. The molecule has 1 aliphatic heterocycles. The van der Waals surface area contributed by atoms with E-state index < -0.39 is 0 Å². The van der Waals surface area contributed by atoms with Crippen LogP contribution in [0.4, 0.5) is 0 Å². The van der Waals surface area contributed by atoms with Crippen LogP contribution in [-0.2, 0) is 6.54 Å². The van der Waals surface area contributed by atoms with Crippen LogP contribution in [0.2, 0.25) is 0 Å². The van der Waals surface area contributed by atoms with Gasteiger partial charge < -0.3 is 9.73 Å². The number of hydrogen-bond acceptors (Lipinski definition) is 4. The molecule has 2 heterocycles. The highest BCUT2D eigenvalue weighted by Gasteiger charge is 2.25. The minimum atomic E-state index is 0.616. The van der Waals surface area contributed by atoms with E-state index in [2.05, 4.69) is 15.2 Å². The van der Waals surface area contributed by atoms with Gasteiger partial charge >= 0.3 is 0 Å². The van der Waals surface area contributed by atoms with Crippen molar-refractivity contribution in [2.45, 2.75) is 25.4 Å². The molecular formula is C14H19N3O. The second-order valence-corrected chi connectivity index (χ2v) is 4.90. The molecule has 96 valence electrons. The number of nitrogens with one attached hydrogen (secondary N) is 1. The maximum absolute atomic E-state index is 5.78. The van der Waals surface area contributed by atoms with Gasteiger partial charge in [-0.15, -0.1) is 0 Å². The Balaban J connectivity index is 1.75. The zero-order valence-electron chi connectivity index (χ0n) is 10.7. The first-order valence-corrected chi connectivity index (χ1v) is 6.60. The molecule has 1 atom stereocenters. The maximum Gasteiger partial charge on any atom is 0.209 e. The van der Waals surface area contributed by atoms with Gasteiger partial charge in [-0.2, -0.15) is 0 Å². The monoisotopic (exact) mass is 245 g/mol. The summed E-state index contributed by atoms with van der Waals surface area (Å²) in [6.45, 7) is 3.01. The lowest BCUT2D eigenvalue weighted by atomic mass is 10.2. The van der Waals surface area contributed by atoms with Crippen molar-refractivity contribution in [1.82, 2.24) is 15.2 Å². The summed E-state index contributed by atoms with van der Waals surface area (Å²) < 4.78 is 5.78. The maximum atomic E-state index is 5.78. The number of rotatable bonds is 4. The fourth-order valence-electron chi connectivity index (χ4n) is 2.73. The van der Waals surface area contributed by atoms with Crippen LogP contribution < -0.4 is 5.32 Å². The van der Waals surface area contributed by atoms with Gasteiger partial charge in [0.1, 0.15) is 5.52 Å². The van der Waals surface area contributed by atoms with Crippen LogP contribution in [0.25, 0.3) is 11.1 Å². The van der Waals surface area contributed by atoms with E-state index in [1.165, 1.54) is 12.8 Å². The molecule has 0 aliphatic carbocycles. The van der Waals surface area contributed by atoms with Crippen molar-refractivity contribution in [2.24, 2.45) is 0 Å². The first-order chi connectivity index (χ1) is 8.86. The first-order valence-electron chi connectivity index (χ1n) is 6.60. The Morgan fingerprint density at radius 3 is 3.17 bits per heavy atom. The molecule has 4 nitrogen and oxygen atoms in total. The predicted molar refractivity (Wildman–Crippen MR) is 71.4 cm³/mol. The van der Waals surface area contributed by atoms with Gasteiger partial charge in [0.15, 0.2) is 5.58 Å². The van der Waals surface area contributed by atoms with Gasteiger partial charge in [-0.3, -0.25) is 4.90 Å². The van der Waals surface area contributed by atoms with Gasteiger partial charge in [-0.05, 0) is 38.6 Å². The summed E-state index contributed by atoms with van der Waals surface area (Å²) >= 11 is 0. The van der Waals surface area contributed by atoms with Gasteiger partial charge in [0, 0.05) is 12.6 Å². The molecule has 1 aliphatic rings. The second kappa shape index (κ2) is 5.08. The summed E-state index contributed by atoms with van der Waals surface area (Å²) in [5.41, 5.74) is 1.84. The van der Waals surface area contributed by atoms with E-state index in [0.29, 0.717) is 6.04 Å². The summed E-state index contributed by atoms with van der Waals surface area (Å²) in [5.74, 6) is 0.833. The van der Waals surface area contributed by atoms with Crippen molar-refractivity contribution in [3.8, 4) is 0 Å². The van der Waals surface area contributed by atoms with Crippen LogP contribution in [0.5, 0.6) is 0 Å². The highest BCUT2D eigenvalue weighted by molar-refractivity contribution is 5.72. The molecule has 4 heteroatoms. The number of para-hydroxylation sites is 2. The fraction of sp³-hybridized carbons (Fsp3) is 0.500. The van der Waals surface area contributed by atoms with Crippen molar-refractivity contribution in [2.75, 3.05) is 20.1 Å². The average molecular weight is 245 g/mol. The minimum absolute atomic E-state index is 0.616. The number of oxazole rings is 1. The molecule has 1 saturated heterocycles. The van der Waals surface area contributed by atoms with Gasteiger partial charge in [0.2, 0.25) is 5.89 Å². The molecule has 0 radical (unpaired) electrons. The highest BCUT2D eigenvalue weighted by atomic mass is 16.3. The molecule has 2 aromatic rings. The minimum Gasteiger partial charge on any atom is -0.439 e. The Bertz CT molecular complexity index is 489. The lowest BCUT2D eigenvalue weighted by molar-refractivity contribution is 0.221. The van der Waals surface area contributed by atoms with Gasteiger partial charge in [0.05, 0.1) is 6.54 Å². The Kier molecular flexibility index (Phi) is 3.30. The van der Waals surface area contributed by atoms with E-state index in [0.717, 1.165) is 36.6 Å².